The summed E-state index contributed by atoms with van der Waals surface area (Å²) >= 11 is 2.71. The van der Waals surface area contributed by atoms with Crippen molar-refractivity contribution in [1.29, 1.82) is 0 Å². The normalized spacial score (nSPS) is 10.8. The van der Waals surface area contributed by atoms with Crippen molar-refractivity contribution in [2.45, 2.75) is 4.34 Å². The smallest absolute Gasteiger partial charge is 0.250 e. The predicted molar refractivity (Wildman–Crippen MR) is 103 cm³/mol. The molecule has 0 spiro atoms. The Morgan fingerprint density at radius 1 is 1.27 bits per heavy atom. The Morgan fingerprint density at radius 2 is 2.12 bits per heavy atom. The lowest BCUT2D eigenvalue weighted by Crippen LogP contribution is -2.19. The molecule has 3 rings (SSSR count). The number of hydrogen-bond donors (Lipinski definition) is 1. The average molecular weight is 385 g/mol. The molecule has 9 heteroatoms. The van der Waals surface area contributed by atoms with Gasteiger partial charge in [0.15, 0.2) is 9.35 Å². The average Bonchev–Trinajstić information content (AvgIpc) is 3.17. The van der Waals surface area contributed by atoms with Gasteiger partial charge in [-0.15, -0.1) is 10.2 Å². The minimum Gasteiger partial charge on any atom is -0.497 e. The van der Waals surface area contributed by atoms with Gasteiger partial charge in [0.05, 0.1) is 19.1 Å². The molecule has 0 saturated heterocycles. The minimum atomic E-state index is -0.214. The van der Waals surface area contributed by atoms with E-state index in [9.17, 15) is 4.79 Å². The van der Waals surface area contributed by atoms with Gasteiger partial charge in [0.2, 0.25) is 0 Å². The molecule has 132 valence electrons. The van der Waals surface area contributed by atoms with Crippen LogP contribution in [-0.2, 0) is 4.79 Å². The SMILES string of the molecule is COc1ccc(/C=N\NC(=O)CSc2nnc(-c3ccccn3)s2)cc1. The summed E-state index contributed by atoms with van der Waals surface area (Å²) in [5.74, 6) is 0.760. The summed E-state index contributed by atoms with van der Waals surface area (Å²) in [4.78, 5) is 16.1. The molecule has 0 bridgehead atoms. The van der Waals surface area contributed by atoms with E-state index in [2.05, 4.69) is 25.7 Å². The highest BCUT2D eigenvalue weighted by atomic mass is 32.2. The van der Waals surface area contributed by atoms with Gasteiger partial charge in [-0.25, -0.2) is 5.43 Å². The van der Waals surface area contributed by atoms with Gasteiger partial charge in [-0.3, -0.25) is 9.78 Å². The Kier molecular flexibility index (Phi) is 6.29. The largest absolute Gasteiger partial charge is 0.497 e. The maximum absolute atomic E-state index is 11.9. The van der Waals surface area contributed by atoms with Crippen LogP contribution in [0.5, 0.6) is 5.75 Å². The number of amides is 1. The number of pyridine rings is 1. The number of nitrogens with one attached hydrogen (secondary N) is 1. The van der Waals surface area contributed by atoms with Crippen molar-refractivity contribution in [1.82, 2.24) is 20.6 Å². The first-order chi connectivity index (χ1) is 12.7. The van der Waals surface area contributed by atoms with Gasteiger partial charge in [-0.2, -0.15) is 5.10 Å². The van der Waals surface area contributed by atoms with Crippen molar-refractivity contribution in [2.75, 3.05) is 12.9 Å². The Labute approximate surface area is 158 Å². The van der Waals surface area contributed by atoms with E-state index in [-0.39, 0.29) is 11.7 Å². The topological polar surface area (TPSA) is 89.4 Å². The first-order valence-corrected chi connectivity index (χ1v) is 9.38. The molecule has 0 aliphatic rings. The number of ether oxygens (including phenoxy) is 1. The number of rotatable bonds is 7. The highest BCUT2D eigenvalue weighted by Crippen LogP contribution is 2.27. The molecule has 0 unspecified atom stereocenters. The second-order valence-electron chi connectivity index (χ2n) is 4.94. The summed E-state index contributed by atoms with van der Waals surface area (Å²) in [6.07, 6.45) is 3.28. The summed E-state index contributed by atoms with van der Waals surface area (Å²) < 4.78 is 5.79. The molecule has 7 nitrogen and oxygen atoms in total. The van der Waals surface area contributed by atoms with Crippen LogP contribution in [0, 0.1) is 0 Å². The Hall–Kier alpha value is -2.78. The van der Waals surface area contributed by atoms with Crippen molar-refractivity contribution < 1.29 is 9.53 Å². The van der Waals surface area contributed by atoms with Gasteiger partial charge in [0.25, 0.3) is 5.91 Å². The van der Waals surface area contributed by atoms with Crippen molar-refractivity contribution in [3.05, 3.63) is 54.2 Å². The van der Waals surface area contributed by atoms with Crippen molar-refractivity contribution >= 4 is 35.2 Å². The van der Waals surface area contributed by atoms with Gasteiger partial charge in [-0.05, 0) is 42.0 Å². The van der Waals surface area contributed by atoms with Crippen LogP contribution in [-0.4, -0.2) is 40.2 Å². The van der Waals surface area contributed by atoms with Gasteiger partial charge < -0.3 is 4.74 Å². The fraction of sp³-hybridized carbons (Fsp3) is 0.118. The minimum absolute atomic E-state index is 0.205. The first-order valence-electron chi connectivity index (χ1n) is 7.58. The van der Waals surface area contributed by atoms with Crippen LogP contribution in [0.4, 0.5) is 0 Å². The third kappa shape index (κ3) is 5.11. The van der Waals surface area contributed by atoms with Crippen LogP contribution in [0.15, 0.2) is 58.1 Å². The molecule has 1 amide bonds. The van der Waals surface area contributed by atoms with Crippen LogP contribution in [0.1, 0.15) is 5.56 Å². The number of methoxy groups -OCH3 is 1. The van der Waals surface area contributed by atoms with E-state index in [1.165, 1.54) is 23.1 Å². The number of nitrogens with zero attached hydrogens (tertiary/aromatic N) is 4. The second kappa shape index (κ2) is 9.07. The standard InChI is InChI=1S/C17H15N5O2S2/c1-24-13-7-5-12(6-8-13)10-19-20-15(23)11-25-17-22-21-16(26-17)14-4-2-3-9-18-14/h2-10H,11H2,1H3,(H,20,23)/b19-10-. The molecule has 1 N–H and O–H groups in total. The van der Waals surface area contributed by atoms with E-state index in [4.69, 9.17) is 4.74 Å². The molecule has 0 aliphatic carbocycles. The van der Waals surface area contributed by atoms with E-state index in [1.54, 1.807) is 19.5 Å². The second-order valence-corrected chi connectivity index (χ2v) is 7.14. The highest BCUT2D eigenvalue weighted by Gasteiger charge is 2.09. The molecule has 0 fully saturated rings. The van der Waals surface area contributed by atoms with Crippen LogP contribution < -0.4 is 10.2 Å². The molecule has 2 heterocycles. The van der Waals surface area contributed by atoms with Crippen molar-refractivity contribution in [3.63, 3.8) is 0 Å². The molecule has 0 radical (unpaired) electrons. The quantitative estimate of drug-likeness (QED) is 0.382. The fourth-order valence-corrected chi connectivity index (χ4v) is 3.51. The summed E-state index contributed by atoms with van der Waals surface area (Å²) in [5.41, 5.74) is 4.12. The number of benzene rings is 1. The zero-order valence-electron chi connectivity index (χ0n) is 13.8. The molecule has 0 aliphatic heterocycles. The predicted octanol–water partition coefficient (Wildman–Crippen LogP) is 2.85. The molecule has 2 aromatic heterocycles. The van der Waals surface area contributed by atoms with Gasteiger partial charge in [0, 0.05) is 6.20 Å². The van der Waals surface area contributed by atoms with E-state index < -0.39 is 0 Å². The summed E-state index contributed by atoms with van der Waals surface area (Å²) in [6.45, 7) is 0. The Balaban J connectivity index is 1.46. The molecule has 26 heavy (non-hydrogen) atoms. The maximum Gasteiger partial charge on any atom is 0.250 e. The molecule has 0 saturated carbocycles. The lowest BCUT2D eigenvalue weighted by molar-refractivity contribution is -0.118. The lowest BCUT2D eigenvalue weighted by atomic mass is 10.2. The van der Waals surface area contributed by atoms with E-state index in [0.29, 0.717) is 4.34 Å². The third-order valence-electron chi connectivity index (χ3n) is 3.14. The van der Waals surface area contributed by atoms with Gasteiger partial charge in [-0.1, -0.05) is 29.2 Å². The summed E-state index contributed by atoms with van der Waals surface area (Å²) in [6, 6.07) is 13.0. The zero-order valence-corrected chi connectivity index (χ0v) is 15.5. The molecule has 3 aromatic rings. The molecular formula is C17H15N5O2S2. The van der Waals surface area contributed by atoms with E-state index >= 15 is 0 Å². The summed E-state index contributed by atoms with van der Waals surface area (Å²) in [5, 5.41) is 12.8. The van der Waals surface area contributed by atoms with E-state index in [0.717, 1.165) is 22.0 Å². The highest BCUT2D eigenvalue weighted by molar-refractivity contribution is 8.01. The molecule has 1 aromatic carbocycles. The Bertz CT molecular complexity index is 882. The number of aromatic nitrogens is 3. The number of hydrogen-bond acceptors (Lipinski definition) is 8. The summed E-state index contributed by atoms with van der Waals surface area (Å²) in [7, 11) is 1.61. The first kappa shape index (κ1) is 18.0. The Morgan fingerprint density at radius 3 is 2.85 bits per heavy atom. The number of carbonyl (C=O) groups excluding carboxylic acids is 1. The van der Waals surface area contributed by atoms with Crippen LogP contribution in [0.25, 0.3) is 10.7 Å². The zero-order chi connectivity index (χ0) is 18.2. The molecular weight excluding hydrogens is 370 g/mol. The van der Waals surface area contributed by atoms with Crippen molar-refractivity contribution in [3.8, 4) is 16.5 Å². The van der Waals surface area contributed by atoms with Crippen LogP contribution in [0.3, 0.4) is 0 Å². The monoisotopic (exact) mass is 385 g/mol. The fourth-order valence-electron chi connectivity index (χ4n) is 1.89. The van der Waals surface area contributed by atoms with Crippen LogP contribution >= 0.6 is 23.1 Å². The third-order valence-corrected chi connectivity index (χ3v) is 5.21. The lowest BCUT2D eigenvalue weighted by Gasteiger charge is -1.99. The van der Waals surface area contributed by atoms with E-state index in [1.807, 2.05) is 42.5 Å². The maximum atomic E-state index is 11.9. The van der Waals surface area contributed by atoms with Crippen LogP contribution in [0.2, 0.25) is 0 Å². The van der Waals surface area contributed by atoms with Gasteiger partial charge in [0.1, 0.15) is 11.4 Å². The number of carbonyl (C=O) groups is 1. The number of thioether (sulfide) groups is 1. The van der Waals surface area contributed by atoms with Gasteiger partial charge >= 0.3 is 0 Å². The number of hydrazone groups is 1. The molecule has 0 atom stereocenters. The van der Waals surface area contributed by atoms with Crippen molar-refractivity contribution in [2.24, 2.45) is 5.10 Å².